The molecule has 12 heteroatoms. The van der Waals surface area contributed by atoms with Crippen molar-refractivity contribution >= 4 is 106 Å². The van der Waals surface area contributed by atoms with Crippen LogP contribution in [-0.4, -0.2) is 83.2 Å². The monoisotopic (exact) mass is 554 g/mol. The van der Waals surface area contributed by atoms with E-state index < -0.39 is 11.8 Å². The standard InChI is InChI=1S/C32H18B8O4/c33-19-5-15(6-20(34)29(19)41)27(16-7-21(35)30(42)22(36)8-16)13-1-2-14(4-3-13)28(17-9-23(37)31(43)24(38)10-17)18-11-25(39)32(44)26(40)12-18/h1-12,27-28,41-44H. The van der Waals surface area contributed by atoms with Gasteiger partial charge in [0.1, 0.15) is 85.8 Å². The van der Waals surface area contributed by atoms with Crippen LogP contribution in [0.2, 0.25) is 0 Å². The fourth-order valence-electron chi connectivity index (χ4n) is 5.52. The van der Waals surface area contributed by atoms with Gasteiger partial charge in [0, 0.05) is 11.8 Å². The largest absolute Gasteiger partial charge is 0.509 e. The second-order valence-corrected chi connectivity index (χ2v) is 10.7. The third-order valence-electron chi connectivity index (χ3n) is 7.70. The summed E-state index contributed by atoms with van der Waals surface area (Å²) in [6, 6.07) is 20.4. The number of phenolic OH excluding ortho intramolecular Hbond substituents is 4. The van der Waals surface area contributed by atoms with Crippen molar-refractivity contribution in [2.45, 2.75) is 11.8 Å². The Morgan fingerprint density at radius 1 is 0.295 bits per heavy atom. The van der Waals surface area contributed by atoms with E-state index in [0.29, 0.717) is 22.3 Å². The van der Waals surface area contributed by atoms with E-state index in [-0.39, 0.29) is 66.7 Å². The van der Waals surface area contributed by atoms with E-state index >= 15 is 0 Å². The van der Waals surface area contributed by atoms with Crippen LogP contribution in [0.1, 0.15) is 45.2 Å². The van der Waals surface area contributed by atoms with Crippen molar-refractivity contribution in [1.29, 1.82) is 0 Å². The van der Waals surface area contributed by atoms with E-state index in [0.717, 1.165) is 11.1 Å². The van der Waals surface area contributed by atoms with Crippen LogP contribution < -0.4 is 43.7 Å². The zero-order chi connectivity index (χ0) is 32.0. The molecule has 0 aliphatic rings. The van der Waals surface area contributed by atoms with Gasteiger partial charge in [0.25, 0.3) is 0 Å². The zero-order valence-electron chi connectivity index (χ0n) is 23.5. The molecule has 194 valence electrons. The van der Waals surface area contributed by atoms with Gasteiger partial charge in [-0.3, -0.25) is 0 Å². The summed E-state index contributed by atoms with van der Waals surface area (Å²) in [5.74, 6) is -1.94. The van der Waals surface area contributed by atoms with Gasteiger partial charge in [0.05, 0.1) is 0 Å². The van der Waals surface area contributed by atoms with E-state index in [1.54, 1.807) is 48.5 Å². The minimum absolute atomic E-state index is 0.0893. The van der Waals surface area contributed by atoms with Gasteiger partial charge in [-0.25, -0.2) is 0 Å². The van der Waals surface area contributed by atoms with Gasteiger partial charge < -0.3 is 20.4 Å². The molecular formula is C32H18B8O4. The van der Waals surface area contributed by atoms with Gasteiger partial charge in [-0.1, -0.05) is 116 Å². The van der Waals surface area contributed by atoms with Crippen LogP contribution in [0.3, 0.4) is 0 Å². The highest BCUT2D eigenvalue weighted by Gasteiger charge is 2.23. The average molecular weight is 553 g/mol. The van der Waals surface area contributed by atoms with E-state index in [9.17, 15) is 20.4 Å². The summed E-state index contributed by atoms with van der Waals surface area (Å²) in [5.41, 5.74) is 4.84. The number of hydrogen-bond acceptors (Lipinski definition) is 4. The first-order valence-electron chi connectivity index (χ1n) is 13.4. The molecule has 0 saturated carbocycles. The molecular weight excluding hydrogens is 535 g/mol. The Hall–Kier alpha value is -4.18. The topological polar surface area (TPSA) is 80.9 Å². The highest BCUT2D eigenvalue weighted by molar-refractivity contribution is 6.43. The quantitative estimate of drug-likeness (QED) is 0.136. The van der Waals surface area contributed by atoms with Crippen molar-refractivity contribution in [2.75, 3.05) is 0 Å². The smallest absolute Gasteiger partial charge is 0.118 e. The molecule has 0 amide bonds. The van der Waals surface area contributed by atoms with E-state index in [2.05, 4.69) is 0 Å². The predicted molar refractivity (Wildman–Crippen MR) is 184 cm³/mol. The molecule has 0 atom stereocenters. The summed E-state index contributed by atoms with van der Waals surface area (Å²) in [7, 11) is 48.5. The predicted octanol–water partition coefficient (Wildman–Crippen LogP) is -2.78. The van der Waals surface area contributed by atoms with Crippen LogP contribution in [0.15, 0.2) is 72.8 Å². The van der Waals surface area contributed by atoms with Crippen LogP contribution >= 0.6 is 0 Å². The molecule has 0 spiro atoms. The van der Waals surface area contributed by atoms with Crippen LogP contribution in [0.25, 0.3) is 0 Å². The van der Waals surface area contributed by atoms with Gasteiger partial charge in [-0.15, -0.1) is 0 Å². The highest BCUT2D eigenvalue weighted by atomic mass is 16.3. The number of rotatable bonds is 6. The molecule has 44 heavy (non-hydrogen) atoms. The van der Waals surface area contributed by atoms with Crippen molar-refractivity contribution in [3.8, 4) is 23.0 Å². The highest BCUT2D eigenvalue weighted by Crippen LogP contribution is 2.36. The summed E-state index contributed by atoms with van der Waals surface area (Å²) >= 11 is 0. The molecule has 4 N–H and O–H groups in total. The van der Waals surface area contributed by atoms with Gasteiger partial charge in [0.2, 0.25) is 0 Å². The number of phenols is 4. The van der Waals surface area contributed by atoms with Crippen LogP contribution in [-0.2, 0) is 0 Å². The first-order valence-corrected chi connectivity index (χ1v) is 13.4. The Kier molecular flexibility index (Phi) is 8.57. The van der Waals surface area contributed by atoms with Crippen molar-refractivity contribution in [2.24, 2.45) is 0 Å². The Morgan fingerprint density at radius 3 is 0.614 bits per heavy atom. The minimum Gasteiger partial charge on any atom is -0.509 e. The maximum atomic E-state index is 10.2. The normalized spacial score (nSPS) is 11.3. The lowest BCUT2D eigenvalue weighted by atomic mass is 9.73. The fourth-order valence-corrected chi connectivity index (χ4v) is 5.52. The lowest BCUT2D eigenvalue weighted by Gasteiger charge is -2.25. The zero-order valence-corrected chi connectivity index (χ0v) is 23.5. The molecule has 0 aliphatic carbocycles. The van der Waals surface area contributed by atoms with Crippen molar-refractivity contribution < 1.29 is 20.4 Å². The van der Waals surface area contributed by atoms with Crippen LogP contribution in [0.5, 0.6) is 23.0 Å². The van der Waals surface area contributed by atoms with Crippen molar-refractivity contribution in [3.63, 3.8) is 0 Å². The lowest BCUT2D eigenvalue weighted by molar-refractivity contribution is 0.483. The van der Waals surface area contributed by atoms with E-state index in [4.69, 9.17) is 62.8 Å². The summed E-state index contributed by atoms with van der Waals surface area (Å²) in [4.78, 5) is 0. The molecule has 0 heterocycles. The molecule has 0 saturated heterocycles. The SMILES string of the molecule is [B]c1cc(C(c2ccc(C(c3cc([B])c(O)c([B])c3)c3cc([B])c(O)c([B])c3)cc2)c2cc([B])c(O)c([B])c2)cc([B])c1O. The number of hydrogen-bond donors (Lipinski definition) is 4. The maximum absolute atomic E-state index is 10.2. The summed E-state index contributed by atoms with van der Waals surface area (Å²) in [5, 5.41) is 40.9. The van der Waals surface area contributed by atoms with Crippen molar-refractivity contribution in [1.82, 2.24) is 0 Å². The number of benzene rings is 5. The molecule has 0 fully saturated rings. The number of aromatic hydroxyl groups is 4. The lowest BCUT2D eigenvalue weighted by Crippen LogP contribution is -2.22. The molecule has 5 aromatic rings. The molecule has 16 radical (unpaired) electrons. The molecule has 0 bridgehead atoms. The Balaban J connectivity index is 1.70. The van der Waals surface area contributed by atoms with Gasteiger partial charge >= 0.3 is 0 Å². The average Bonchev–Trinajstić information content (AvgIpc) is 2.97. The Morgan fingerprint density at radius 2 is 0.455 bits per heavy atom. The molecule has 5 aromatic carbocycles. The third kappa shape index (κ3) is 5.82. The van der Waals surface area contributed by atoms with Crippen LogP contribution in [0.4, 0.5) is 0 Å². The summed E-state index contributed by atoms with van der Waals surface area (Å²) < 4.78 is 0. The van der Waals surface area contributed by atoms with Gasteiger partial charge in [0.15, 0.2) is 0 Å². The molecule has 5 rings (SSSR count). The Labute approximate surface area is 267 Å². The molecule has 0 aliphatic heterocycles. The Bertz CT molecular complexity index is 1570. The first-order chi connectivity index (χ1) is 20.8. The minimum atomic E-state index is -0.516. The second-order valence-electron chi connectivity index (χ2n) is 10.7. The third-order valence-corrected chi connectivity index (χ3v) is 7.70. The van der Waals surface area contributed by atoms with E-state index in [1.807, 2.05) is 24.3 Å². The van der Waals surface area contributed by atoms with Gasteiger partial charge in [-0.05, 0) is 33.4 Å². The summed E-state index contributed by atoms with van der Waals surface area (Å²) in [6.07, 6.45) is 0. The molecule has 0 aromatic heterocycles. The second kappa shape index (κ2) is 12.1. The summed E-state index contributed by atoms with van der Waals surface area (Å²) in [6.45, 7) is 0. The van der Waals surface area contributed by atoms with E-state index in [1.165, 1.54) is 0 Å². The maximum Gasteiger partial charge on any atom is 0.118 e. The van der Waals surface area contributed by atoms with Crippen molar-refractivity contribution in [3.05, 3.63) is 106 Å². The van der Waals surface area contributed by atoms with Gasteiger partial charge in [-0.2, -0.15) is 0 Å². The fraction of sp³-hybridized carbons (Fsp3) is 0.0625. The molecule has 0 unspecified atom stereocenters. The first kappa shape index (κ1) is 31.3. The van der Waals surface area contributed by atoms with Crippen LogP contribution in [0, 0.1) is 0 Å². The molecule has 4 nitrogen and oxygen atoms in total.